The lowest BCUT2D eigenvalue weighted by Gasteiger charge is -1.85. The van der Waals surface area contributed by atoms with Gasteiger partial charge in [0.2, 0.25) is 0 Å². The number of hydrogen-bond acceptors (Lipinski definition) is 3. The Kier molecular flexibility index (Phi) is 1.76. The third-order valence-electron chi connectivity index (χ3n) is 1.33. The maximum atomic E-state index is 8.95. The van der Waals surface area contributed by atoms with Crippen molar-refractivity contribution in [3.8, 4) is 0 Å². The second-order valence-corrected chi connectivity index (χ2v) is 1.97. The summed E-state index contributed by atoms with van der Waals surface area (Å²) in [6.45, 7) is 0. The van der Waals surface area contributed by atoms with Crippen molar-refractivity contribution in [1.82, 2.24) is 15.2 Å². The third kappa shape index (κ3) is 1.02. The van der Waals surface area contributed by atoms with E-state index in [0.29, 0.717) is 11.0 Å². The first-order valence-electron chi connectivity index (χ1n) is 2.87. The van der Waals surface area contributed by atoms with Gasteiger partial charge in [0.1, 0.15) is 11.0 Å². The van der Waals surface area contributed by atoms with Crippen LogP contribution in [-0.4, -0.2) is 20.4 Å². The molecule has 0 unspecified atom stereocenters. The zero-order valence-corrected chi connectivity index (χ0v) is 5.10. The van der Waals surface area contributed by atoms with E-state index in [9.17, 15) is 0 Å². The van der Waals surface area contributed by atoms with Crippen LogP contribution in [-0.2, 0) is 0 Å². The second-order valence-electron chi connectivity index (χ2n) is 1.97. The average Bonchev–Trinajstić information content (AvgIpc) is 2.34. The molecule has 4 heteroatoms. The average molecular weight is 151 g/mol. The first-order valence-corrected chi connectivity index (χ1v) is 2.87. The van der Waals surface area contributed by atoms with Gasteiger partial charge in [-0.1, -0.05) is 24.4 Å². The first-order chi connectivity index (χ1) is 4.88. The fourth-order valence-corrected chi connectivity index (χ4v) is 0.857. The Morgan fingerprint density at radius 3 is 2.73 bits per heavy atom. The largest absolute Gasteiger partial charge is 0.410 e. The fraction of sp³-hybridized carbons (Fsp3) is 0.143. The number of benzene rings is 1. The van der Waals surface area contributed by atoms with E-state index in [0.717, 1.165) is 4.85 Å². The Balaban J connectivity index is 0.000000605. The quantitative estimate of drug-likeness (QED) is 0.577. The van der Waals surface area contributed by atoms with Crippen LogP contribution in [0.3, 0.4) is 0 Å². The molecule has 2 aromatic rings. The van der Waals surface area contributed by atoms with Crippen LogP contribution in [0.15, 0.2) is 24.3 Å². The minimum absolute atomic E-state index is 0. The lowest BCUT2D eigenvalue weighted by molar-refractivity contribution is 0.155. The van der Waals surface area contributed by atoms with Crippen molar-refractivity contribution < 1.29 is 5.21 Å². The molecule has 11 heavy (non-hydrogen) atoms. The van der Waals surface area contributed by atoms with Gasteiger partial charge in [-0.3, -0.25) is 0 Å². The fourth-order valence-electron chi connectivity index (χ4n) is 0.857. The van der Waals surface area contributed by atoms with E-state index in [1.54, 1.807) is 12.1 Å². The van der Waals surface area contributed by atoms with E-state index in [1.165, 1.54) is 0 Å². The van der Waals surface area contributed by atoms with E-state index in [-0.39, 0.29) is 7.43 Å². The molecule has 2 rings (SSSR count). The summed E-state index contributed by atoms with van der Waals surface area (Å²) in [5.41, 5.74) is 1.33. The molecular weight excluding hydrogens is 142 g/mol. The summed E-state index contributed by atoms with van der Waals surface area (Å²) >= 11 is 0. The minimum Gasteiger partial charge on any atom is -0.410 e. The molecule has 0 bridgehead atoms. The predicted molar refractivity (Wildman–Crippen MR) is 41.4 cm³/mol. The van der Waals surface area contributed by atoms with Crippen molar-refractivity contribution in [1.29, 1.82) is 0 Å². The Hall–Kier alpha value is -1.58. The van der Waals surface area contributed by atoms with E-state index in [1.807, 2.05) is 12.1 Å². The molecule has 0 spiro atoms. The minimum atomic E-state index is 0. The Bertz CT molecular complexity index is 355. The lowest BCUT2D eigenvalue weighted by atomic mass is 10.3. The van der Waals surface area contributed by atoms with Gasteiger partial charge in [-0.05, 0) is 17.3 Å². The topological polar surface area (TPSA) is 50.9 Å². The van der Waals surface area contributed by atoms with Crippen LogP contribution in [0.4, 0.5) is 0 Å². The highest BCUT2D eigenvalue weighted by atomic mass is 16.5. The predicted octanol–water partition coefficient (Wildman–Crippen LogP) is 1.30. The van der Waals surface area contributed by atoms with Crippen molar-refractivity contribution in [2.24, 2.45) is 0 Å². The Labute approximate surface area is 64.0 Å². The zero-order chi connectivity index (χ0) is 6.97. The summed E-state index contributed by atoms with van der Waals surface area (Å²) in [6.07, 6.45) is 0. The summed E-state index contributed by atoms with van der Waals surface area (Å²) < 4.78 is 0. The molecule has 0 fully saturated rings. The van der Waals surface area contributed by atoms with Gasteiger partial charge >= 0.3 is 0 Å². The molecule has 1 heterocycles. The van der Waals surface area contributed by atoms with Crippen LogP contribution >= 0.6 is 0 Å². The first kappa shape index (κ1) is 7.53. The highest BCUT2D eigenvalue weighted by molar-refractivity contribution is 5.73. The molecule has 0 aliphatic carbocycles. The van der Waals surface area contributed by atoms with Crippen molar-refractivity contribution in [3.63, 3.8) is 0 Å². The molecule has 1 aromatic carbocycles. The molecule has 0 aliphatic rings. The van der Waals surface area contributed by atoms with Crippen LogP contribution in [0.5, 0.6) is 0 Å². The molecule has 4 nitrogen and oxygen atoms in total. The van der Waals surface area contributed by atoms with Gasteiger partial charge in [0, 0.05) is 0 Å². The molecule has 0 atom stereocenters. The van der Waals surface area contributed by atoms with Gasteiger partial charge < -0.3 is 5.21 Å². The lowest BCUT2D eigenvalue weighted by Crippen LogP contribution is -1.90. The molecule has 1 N–H and O–H groups in total. The van der Waals surface area contributed by atoms with E-state index >= 15 is 0 Å². The van der Waals surface area contributed by atoms with Crippen LogP contribution < -0.4 is 0 Å². The van der Waals surface area contributed by atoms with Gasteiger partial charge in [0.15, 0.2) is 0 Å². The smallest absolute Gasteiger partial charge is 0.130 e. The molecule has 58 valence electrons. The highest BCUT2D eigenvalue weighted by Crippen LogP contribution is 2.06. The highest BCUT2D eigenvalue weighted by Gasteiger charge is 1.98. The normalized spacial score (nSPS) is 9.45. The summed E-state index contributed by atoms with van der Waals surface area (Å²) in [5.74, 6) is 0. The number of para-hydroxylation sites is 1. The number of aromatic nitrogens is 3. The number of hydrogen-bond donors (Lipinski definition) is 1. The summed E-state index contributed by atoms with van der Waals surface area (Å²) in [5, 5.41) is 16.1. The van der Waals surface area contributed by atoms with Crippen molar-refractivity contribution >= 4 is 11.0 Å². The molecule has 0 radical (unpaired) electrons. The van der Waals surface area contributed by atoms with Crippen molar-refractivity contribution in [2.75, 3.05) is 0 Å². The Morgan fingerprint density at radius 2 is 2.00 bits per heavy atom. The maximum absolute atomic E-state index is 8.95. The molecule has 0 amide bonds. The molecule has 0 saturated heterocycles. The van der Waals surface area contributed by atoms with Gasteiger partial charge in [-0.25, -0.2) is 0 Å². The van der Waals surface area contributed by atoms with Crippen LogP contribution in [0.2, 0.25) is 0 Å². The van der Waals surface area contributed by atoms with E-state index in [2.05, 4.69) is 10.3 Å². The summed E-state index contributed by atoms with van der Waals surface area (Å²) in [6, 6.07) is 7.19. The van der Waals surface area contributed by atoms with E-state index < -0.39 is 0 Å². The second kappa shape index (κ2) is 2.57. The SMILES string of the molecule is C.On1nnc2ccccc21. The van der Waals surface area contributed by atoms with Gasteiger partial charge in [0.25, 0.3) is 0 Å². The van der Waals surface area contributed by atoms with Crippen LogP contribution in [0, 0.1) is 0 Å². The molecule has 0 saturated carbocycles. The van der Waals surface area contributed by atoms with Gasteiger partial charge in [0.05, 0.1) is 0 Å². The van der Waals surface area contributed by atoms with Gasteiger partial charge in [-0.15, -0.1) is 5.10 Å². The zero-order valence-electron chi connectivity index (χ0n) is 5.10. The third-order valence-corrected chi connectivity index (χ3v) is 1.33. The summed E-state index contributed by atoms with van der Waals surface area (Å²) in [7, 11) is 0. The standard InChI is InChI=1S/C6H5N3O.CH4/c10-9-6-4-2-1-3-5(6)7-8-9;/h1-4,10H;1H4. The van der Waals surface area contributed by atoms with Crippen molar-refractivity contribution in [2.45, 2.75) is 7.43 Å². The number of nitrogens with zero attached hydrogens (tertiary/aromatic N) is 3. The molecular formula is C7H9N3O. The molecule has 1 aromatic heterocycles. The molecule has 0 aliphatic heterocycles. The number of fused-ring (bicyclic) bond motifs is 1. The monoisotopic (exact) mass is 151 g/mol. The van der Waals surface area contributed by atoms with E-state index in [4.69, 9.17) is 5.21 Å². The maximum Gasteiger partial charge on any atom is 0.130 e. The van der Waals surface area contributed by atoms with Crippen LogP contribution in [0.1, 0.15) is 7.43 Å². The summed E-state index contributed by atoms with van der Waals surface area (Å²) in [4.78, 5) is 0.759. The number of rotatable bonds is 0. The van der Waals surface area contributed by atoms with Gasteiger partial charge in [-0.2, -0.15) is 0 Å². The van der Waals surface area contributed by atoms with Crippen LogP contribution in [0.25, 0.3) is 11.0 Å². The van der Waals surface area contributed by atoms with Crippen molar-refractivity contribution in [3.05, 3.63) is 24.3 Å². The Morgan fingerprint density at radius 1 is 1.27 bits per heavy atom.